The van der Waals surface area contributed by atoms with Crippen molar-refractivity contribution in [2.75, 3.05) is 13.2 Å². The molecule has 1 aliphatic carbocycles. The molecule has 0 aromatic carbocycles. The molecule has 0 amide bonds. The summed E-state index contributed by atoms with van der Waals surface area (Å²) in [6.45, 7) is 4.33. The zero-order chi connectivity index (χ0) is 12.7. The van der Waals surface area contributed by atoms with Gasteiger partial charge in [-0.1, -0.05) is 6.92 Å². The molecule has 0 bridgehead atoms. The van der Waals surface area contributed by atoms with Crippen LogP contribution in [0.4, 0.5) is 0 Å². The normalized spacial score (nSPS) is 24.1. The Bertz CT molecular complexity index is 254. The smallest absolute Gasteiger partial charge is 0.305 e. The summed E-state index contributed by atoms with van der Waals surface area (Å²) in [6.07, 6.45) is 4.68. The lowest BCUT2D eigenvalue weighted by Crippen LogP contribution is -2.23. The maximum Gasteiger partial charge on any atom is 0.305 e. The largest absolute Gasteiger partial charge is 0.466 e. The van der Waals surface area contributed by atoms with E-state index in [2.05, 4.69) is 0 Å². The molecule has 17 heavy (non-hydrogen) atoms. The second kappa shape index (κ2) is 7.30. The number of hydrogen-bond donors (Lipinski definition) is 0. The molecule has 0 unspecified atom stereocenters. The Morgan fingerprint density at radius 2 is 1.47 bits per heavy atom. The van der Waals surface area contributed by atoms with Crippen LogP contribution in [0.15, 0.2) is 0 Å². The molecule has 1 aliphatic rings. The topological polar surface area (TPSA) is 52.6 Å². The number of carbonyl (C=O) groups excluding carboxylic acids is 2. The fraction of sp³-hybridized carbons (Fsp3) is 0.846. The van der Waals surface area contributed by atoms with E-state index in [9.17, 15) is 9.59 Å². The van der Waals surface area contributed by atoms with Gasteiger partial charge in [0.05, 0.1) is 13.2 Å². The monoisotopic (exact) mass is 242 g/mol. The molecule has 1 rings (SSSR count). The van der Waals surface area contributed by atoms with Crippen molar-refractivity contribution >= 4 is 11.9 Å². The molecule has 0 aliphatic heterocycles. The Hall–Kier alpha value is -1.06. The number of esters is 2. The zero-order valence-corrected chi connectivity index (χ0v) is 10.7. The molecular weight excluding hydrogens is 220 g/mol. The summed E-state index contributed by atoms with van der Waals surface area (Å²) in [6, 6.07) is 0. The average Bonchev–Trinajstić information content (AvgIpc) is 2.34. The van der Waals surface area contributed by atoms with Gasteiger partial charge in [0, 0.05) is 13.3 Å². The van der Waals surface area contributed by atoms with Gasteiger partial charge in [-0.15, -0.1) is 0 Å². The fourth-order valence-electron chi connectivity index (χ4n) is 2.11. The molecule has 4 nitrogen and oxygen atoms in total. The second-order valence-corrected chi connectivity index (χ2v) is 4.73. The molecule has 0 heterocycles. The van der Waals surface area contributed by atoms with Gasteiger partial charge >= 0.3 is 11.9 Å². The first-order valence-electron chi connectivity index (χ1n) is 6.40. The number of hydrogen-bond acceptors (Lipinski definition) is 4. The van der Waals surface area contributed by atoms with Gasteiger partial charge in [0.1, 0.15) is 0 Å². The van der Waals surface area contributed by atoms with E-state index in [1.807, 2.05) is 0 Å². The SMILES string of the molecule is CCC(=O)OCC1CCC(COC(C)=O)CC1. The van der Waals surface area contributed by atoms with Crippen LogP contribution in [0.3, 0.4) is 0 Å². The molecule has 4 heteroatoms. The Morgan fingerprint density at radius 1 is 1.00 bits per heavy atom. The predicted octanol–water partition coefficient (Wildman–Crippen LogP) is 2.31. The first-order valence-corrected chi connectivity index (χ1v) is 6.40. The second-order valence-electron chi connectivity index (χ2n) is 4.73. The van der Waals surface area contributed by atoms with E-state index in [4.69, 9.17) is 9.47 Å². The van der Waals surface area contributed by atoms with Crippen molar-refractivity contribution in [2.45, 2.75) is 46.0 Å². The highest BCUT2D eigenvalue weighted by Gasteiger charge is 2.22. The van der Waals surface area contributed by atoms with Crippen LogP contribution in [-0.2, 0) is 19.1 Å². The van der Waals surface area contributed by atoms with E-state index in [-0.39, 0.29) is 11.9 Å². The third-order valence-electron chi connectivity index (χ3n) is 3.26. The van der Waals surface area contributed by atoms with Gasteiger partial charge in [0.15, 0.2) is 0 Å². The van der Waals surface area contributed by atoms with E-state index in [1.54, 1.807) is 6.92 Å². The summed E-state index contributed by atoms with van der Waals surface area (Å²) in [4.78, 5) is 21.7. The molecule has 0 atom stereocenters. The van der Waals surface area contributed by atoms with Crippen molar-refractivity contribution in [1.29, 1.82) is 0 Å². The molecule has 1 fully saturated rings. The Kier molecular flexibility index (Phi) is 6.01. The summed E-state index contributed by atoms with van der Waals surface area (Å²) in [5.41, 5.74) is 0. The summed E-state index contributed by atoms with van der Waals surface area (Å²) in [5.74, 6) is 0.646. The molecule has 0 aromatic rings. The van der Waals surface area contributed by atoms with Gasteiger partial charge < -0.3 is 9.47 Å². The van der Waals surface area contributed by atoms with Gasteiger partial charge in [0.2, 0.25) is 0 Å². The number of carbonyl (C=O) groups is 2. The van der Waals surface area contributed by atoms with Crippen LogP contribution >= 0.6 is 0 Å². The summed E-state index contributed by atoms with van der Waals surface area (Å²) in [5, 5.41) is 0. The highest BCUT2D eigenvalue weighted by Crippen LogP contribution is 2.29. The van der Waals surface area contributed by atoms with Crippen molar-refractivity contribution in [3.05, 3.63) is 0 Å². The minimum absolute atomic E-state index is 0.118. The van der Waals surface area contributed by atoms with Crippen molar-refractivity contribution in [1.82, 2.24) is 0 Å². The van der Waals surface area contributed by atoms with E-state index in [0.29, 0.717) is 31.5 Å². The average molecular weight is 242 g/mol. The highest BCUT2D eigenvalue weighted by molar-refractivity contribution is 5.68. The zero-order valence-electron chi connectivity index (χ0n) is 10.7. The summed E-state index contributed by atoms with van der Waals surface area (Å²) in [7, 11) is 0. The lowest BCUT2D eigenvalue weighted by molar-refractivity contribution is -0.146. The van der Waals surface area contributed by atoms with Crippen LogP contribution in [0.1, 0.15) is 46.0 Å². The maximum absolute atomic E-state index is 11.0. The van der Waals surface area contributed by atoms with Gasteiger partial charge in [-0.05, 0) is 37.5 Å². The number of ether oxygens (including phenoxy) is 2. The quantitative estimate of drug-likeness (QED) is 0.694. The van der Waals surface area contributed by atoms with Gasteiger partial charge in [-0.2, -0.15) is 0 Å². The summed E-state index contributed by atoms with van der Waals surface area (Å²) >= 11 is 0. The van der Waals surface area contributed by atoms with E-state index < -0.39 is 0 Å². The molecule has 0 N–H and O–H groups in total. The van der Waals surface area contributed by atoms with Crippen molar-refractivity contribution in [3.63, 3.8) is 0 Å². The standard InChI is InChI=1S/C13H22O4/c1-3-13(15)17-9-12-6-4-11(5-7-12)8-16-10(2)14/h11-12H,3-9H2,1-2H3. The molecule has 98 valence electrons. The van der Waals surface area contributed by atoms with Crippen molar-refractivity contribution < 1.29 is 19.1 Å². The molecule has 0 aromatic heterocycles. The molecule has 0 spiro atoms. The lowest BCUT2D eigenvalue weighted by atomic mass is 9.83. The van der Waals surface area contributed by atoms with Gasteiger partial charge in [-0.3, -0.25) is 9.59 Å². The molecule has 1 saturated carbocycles. The fourth-order valence-corrected chi connectivity index (χ4v) is 2.11. The maximum atomic E-state index is 11.0. The third-order valence-corrected chi connectivity index (χ3v) is 3.26. The molecule has 0 saturated heterocycles. The minimum Gasteiger partial charge on any atom is -0.466 e. The Labute approximate surface area is 103 Å². The number of rotatable bonds is 5. The predicted molar refractivity (Wildman–Crippen MR) is 63.3 cm³/mol. The lowest BCUT2D eigenvalue weighted by Gasteiger charge is -2.27. The molecular formula is C13H22O4. The van der Waals surface area contributed by atoms with E-state index in [1.165, 1.54) is 6.92 Å². The summed E-state index contributed by atoms with van der Waals surface area (Å²) < 4.78 is 10.1. The van der Waals surface area contributed by atoms with Crippen LogP contribution < -0.4 is 0 Å². The van der Waals surface area contributed by atoms with Crippen LogP contribution in [-0.4, -0.2) is 25.2 Å². The third kappa shape index (κ3) is 5.71. The minimum atomic E-state index is -0.205. The Balaban J connectivity index is 2.13. The van der Waals surface area contributed by atoms with Crippen LogP contribution in [0.2, 0.25) is 0 Å². The van der Waals surface area contributed by atoms with Gasteiger partial charge in [-0.25, -0.2) is 0 Å². The van der Waals surface area contributed by atoms with Crippen LogP contribution in [0, 0.1) is 11.8 Å². The van der Waals surface area contributed by atoms with Crippen molar-refractivity contribution in [2.24, 2.45) is 11.8 Å². The van der Waals surface area contributed by atoms with Crippen molar-refractivity contribution in [3.8, 4) is 0 Å². The molecule has 0 radical (unpaired) electrons. The first kappa shape index (κ1) is 14.0. The van der Waals surface area contributed by atoms with E-state index >= 15 is 0 Å². The van der Waals surface area contributed by atoms with Crippen LogP contribution in [0.5, 0.6) is 0 Å². The highest BCUT2D eigenvalue weighted by atomic mass is 16.5. The Morgan fingerprint density at radius 3 is 1.88 bits per heavy atom. The van der Waals surface area contributed by atoms with E-state index in [0.717, 1.165) is 25.7 Å². The van der Waals surface area contributed by atoms with Crippen LogP contribution in [0.25, 0.3) is 0 Å². The first-order chi connectivity index (χ1) is 8.11. The van der Waals surface area contributed by atoms with Gasteiger partial charge in [0.25, 0.3) is 0 Å².